The minimum atomic E-state index is -3.70. The Morgan fingerprint density at radius 2 is 1.84 bits per heavy atom. The van der Waals surface area contributed by atoms with E-state index in [1.807, 2.05) is 39.0 Å². The third-order valence-corrected chi connectivity index (χ3v) is 6.05. The predicted octanol–water partition coefficient (Wildman–Crippen LogP) is 4.44. The lowest BCUT2D eigenvalue weighted by molar-refractivity contribution is 0.0972. The van der Waals surface area contributed by atoms with Crippen molar-refractivity contribution in [1.29, 1.82) is 0 Å². The zero-order valence-electron chi connectivity index (χ0n) is 14.8. The number of ketones is 1. The first-order valence-corrected chi connectivity index (χ1v) is 10.1. The molecule has 0 aromatic heterocycles. The van der Waals surface area contributed by atoms with Gasteiger partial charge < -0.3 is 0 Å². The lowest BCUT2D eigenvalue weighted by atomic mass is 9.91. The minimum Gasteiger partial charge on any atom is -0.294 e. The summed E-state index contributed by atoms with van der Waals surface area (Å²) in [6, 6.07) is 10.6. The van der Waals surface area contributed by atoms with Gasteiger partial charge in [-0.3, -0.25) is 9.52 Å². The molecule has 0 heterocycles. The topological polar surface area (TPSA) is 63.2 Å². The molecule has 0 unspecified atom stereocenters. The van der Waals surface area contributed by atoms with E-state index in [0.29, 0.717) is 17.7 Å². The zero-order chi connectivity index (χ0) is 18.2. The SMILES string of the molecule is Cc1cccc(C(C)C)c1NS(=O)(=O)c1ccc2c(c1)CCCC2=O. The maximum absolute atomic E-state index is 12.9. The van der Waals surface area contributed by atoms with Crippen LogP contribution in [-0.4, -0.2) is 14.2 Å². The number of nitrogens with one attached hydrogen (secondary N) is 1. The van der Waals surface area contributed by atoms with Crippen molar-refractivity contribution in [2.45, 2.75) is 50.8 Å². The van der Waals surface area contributed by atoms with Gasteiger partial charge in [-0.15, -0.1) is 0 Å². The standard InChI is InChI=1S/C20H23NO3S/c1-13(2)17-8-4-6-14(3)20(17)21-25(23,24)16-10-11-18-15(12-16)7-5-9-19(18)22/h4,6,8,10-13,21H,5,7,9H2,1-3H3. The van der Waals surface area contributed by atoms with Crippen LogP contribution in [0.25, 0.3) is 0 Å². The van der Waals surface area contributed by atoms with Gasteiger partial charge in [0.1, 0.15) is 0 Å². The smallest absolute Gasteiger partial charge is 0.261 e. The number of hydrogen-bond donors (Lipinski definition) is 1. The molecule has 0 atom stereocenters. The largest absolute Gasteiger partial charge is 0.294 e. The van der Waals surface area contributed by atoms with E-state index in [2.05, 4.69) is 4.72 Å². The minimum absolute atomic E-state index is 0.0964. The van der Waals surface area contributed by atoms with Crippen molar-refractivity contribution in [2.75, 3.05) is 4.72 Å². The van der Waals surface area contributed by atoms with E-state index in [9.17, 15) is 13.2 Å². The molecular formula is C20H23NO3S. The summed E-state index contributed by atoms with van der Waals surface area (Å²) >= 11 is 0. The van der Waals surface area contributed by atoms with Crippen LogP contribution in [0.5, 0.6) is 0 Å². The molecule has 1 N–H and O–H groups in total. The van der Waals surface area contributed by atoms with E-state index in [4.69, 9.17) is 0 Å². The highest BCUT2D eigenvalue weighted by atomic mass is 32.2. The third kappa shape index (κ3) is 3.47. The van der Waals surface area contributed by atoms with Crippen LogP contribution in [0.15, 0.2) is 41.3 Å². The molecule has 2 aromatic rings. The van der Waals surface area contributed by atoms with Gasteiger partial charge in [0.05, 0.1) is 10.6 Å². The number of hydrogen-bond acceptors (Lipinski definition) is 3. The second kappa shape index (κ2) is 6.64. The summed E-state index contributed by atoms with van der Waals surface area (Å²) < 4.78 is 28.6. The summed E-state index contributed by atoms with van der Waals surface area (Å²) in [5.41, 5.74) is 3.99. The summed E-state index contributed by atoms with van der Waals surface area (Å²) in [6.45, 7) is 5.98. The van der Waals surface area contributed by atoms with E-state index < -0.39 is 10.0 Å². The second-order valence-corrected chi connectivity index (χ2v) is 8.58. The number of fused-ring (bicyclic) bond motifs is 1. The van der Waals surface area contributed by atoms with Gasteiger partial charge in [0.2, 0.25) is 0 Å². The summed E-state index contributed by atoms with van der Waals surface area (Å²) in [7, 11) is -3.70. The second-order valence-electron chi connectivity index (χ2n) is 6.90. The zero-order valence-corrected chi connectivity index (χ0v) is 15.6. The Labute approximate surface area is 149 Å². The normalized spacial score (nSPS) is 14.5. The molecule has 1 aliphatic carbocycles. The Bertz CT molecular complexity index is 930. The maximum Gasteiger partial charge on any atom is 0.261 e. The van der Waals surface area contributed by atoms with Crippen molar-refractivity contribution in [3.05, 3.63) is 58.7 Å². The van der Waals surface area contributed by atoms with Crippen LogP contribution in [0, 0.1) is 6.92 Å². The van der Waals surface area contributed by atoms with Crippen molar-refractivity contribution in [2.24, 2.45) is 0 Å². The Balaban J connectivity index is 2.00. The Kier molecular flexibility index (Phi) is 4.69. The van der Waals surface area contributed by atoms with Crippen LogP contribution in [0.2, 0.25) is 0 Å². The molecule has 4 nitrogen and oxygen atoms in total. The summed E-state index contributed by atoms with van der Waals surface area (Å²) in [4.78, 5) is 12.1. The average Bonchev–Trinajstić information content (AvgIpc) is 2.56. The fraction of sp³-hybridized carbons (Fsp3) is 0.350. The van der Waals surface area contributed by atoms with Gasteiger partial charge in [-0.2, -0.15) is 0 Å². The molecule has 5 heteroatoms. The van der Waals surface area contributed by atoms with Gasteiger partial charge in [0, 0.05) is 12.0 Å². The van der Waals surface area contributed by atoms with Crippen LogP contribution in [0.3, 0.4) is 0 Å². The molecule has 0 bridgehead atoms. The molecule has 2 aromatic carbocycles. The molecule has 0 spiro atoms. The monoisotopic (exact) mass is 357 g/mol. The first kappa shape index (κ1) is 17.7. The number of rotatable bonds is 4. The van der Waals surface area contributed by atoms with Crippen LogP contribution in [0.1, 0.15) is 59.7 Å². The molecule has 3 rings (SSSR count). The van der Waals surface area contributed by atoms with E-state index in [-0.39, 0.29) is 16.6 Å². The highest BCUT2D eigenvalue weighted by Crippen LogP contribution is 2.30. The summed E-state index contributed by atoms with van der Waals surface area (Å²) in [5.74, 6) is 0.304. The molecule has 0 amide bonds. The van der Waals surface area contributed by atoms with Gasteiger partial charge in [0.25, 0.3) is 10.0 Å². The molecule has 0 aliphatic heterocycles. The van der Waals surface area contributed by atoms with Crippen molar-refractivity contribution in [3.63, 3.8) is 0 Å². The van der Waals surface area contributed by atoms with Crippen LogP contribution in [0.4, 0.5) is 5.69 Å². The Hall–Kier alpha value is -2.14. The molecule has 1 aliphatic rings. The summed E-state index contributed by atoms with van der Waals surface area (Å²) in [5, 5.41) is 0. The number of sulfonamides is 1. The van der Waals surface area contributed by atoms with Crippen molar-refractivity contribution < 1.29 is 13.2 Å². The first-order chi connectivity index (χ1) is 11.8. The quantitative estimate of drug-likeness (QED) is 0.880. The maximum atomic E-state index is 12.9. The number of carbonyl (C=O) groups is 1. The van der Waals surface area contributed by atoms with Crippen LogP contribution >= 0.6 is 0 Å². The molecule has 132 valence electrons. The predicted molar refractivity (Wildman–Crippen MR) is 99.8 cm³/mol. The fourth-order valence-corrected chi connectivity index (χ4v) is 4.50. The number of anilines is 1. The Morgan fingerprint density at radius 1 is 1.08 bits per heavy atom. The van der Waals surface area contributed by atoms with Crippen molar-refractivity contribution in [3.8, 4) is 0 Å². The van der Waals surface area contributed by atoms with Gasteiger partial charge in [0.15, 0.2) is 5.78 Å². The number of benzene rings is 2. The highest BCUT2D eigenvalue weighted by Gasteiger charge is 2.23. The molecule has 0 saturated heterocycles. The molecular weight excluding hydrogens is 334 g/mol. The fourth-order valence-electron chi connectivity index (χ4n) is 3.29. The third-order valence-electron chi connectivity index (χ3n) is 4.70. The van der Waals surface area contributed by atoms with E-state index in [0.717, 1.165) is 29.5 Å². The number of para-hydroxylation sites is 1. The van der Waals surface area contributed by atoms with Gasteiger partial charge in [-0.05, 0) is 60.6 Å². The van der Waals surface area contributed by atoms with Crippen molar-refractivity contribution >= 4 is 21.5 Å². The number of Topliss-reactive ketones (excluding diaryl/α,β-unsaturated/α-hetero) is 1. The van der Waals surface area contributed by atoms with E-state index in [1.165, 1.54) is 6.07 Å². The summed E-state index contributed by atoms with van der Waals surface area (Å²) in [6.07, 6.45) is 2.06. The van der Waals surface area contributed by atoms with Gasteiger partial charge >= 0.3 is 0 Å². The van der Waals surface area contributed by atoms with Crippen molar-refractivity contribution in [1.82, 2.24) is 0 Å². The first-order valence-electron chi connectivity index (χ1n) is 8.58. The van der Waals surface area contributed by atoms with Gasteiger partial charge in [-0.1, -0.05) is 32.0 Å². The lowest BCUT2D eigenvalue weighted by Crippen LogP contribution is -2.17. The molecule has 25 heavy (non-hydrogen) atoms. The highest BCUT2D eigenvalue weighted by molar-refractivity contribution is 7.92. The molecule has 0 saturated carbocycles. The van der Waals surface area contributed by atoms with Crippen LogP contribution < -0.4 is 4.72 Å². The molecule has 0 fully saturated rings. The lowest BCUT2D eigenvalue weighted by Gasteiger charge is -2.19. The van der Waals surface area contributed by atoms with E-state index in [1.54, 1.807) is 12.1 Å². The van der Waals surface area contributed by atoms with Gasteiger partial charge in [-0.25, -0.2) is 8.42 Å². The van der Waals surface area contributed by atoms with Crippen LogP contribution in [-0.2, 0) is 16.4 Å². The average molecular weight is 357 g/mol. The Morgan fingerprint density at radius 3 is 2.56 bits per heavy atom. The number of carbonyl (C=O) groups excluding carboxylic acids is 1. The molecule has 0 radical (unpaired) electrons. The number of aryl methyl sites for hydroxylation is 2. The van der Waals surface area contributed by atoms with E-state index >= 15 is 0 Å².